The van der Waals surface area contributed by atoms with Crippen molar-refractivity contribution in [3.63, 3.8) is 0 Å². The van der Waals surface area contributed by atoms with Crippen molar-refractivity contribution in [3.8, 4) is 11.5 Å². The van der Waals surface area contributed by atoms with Crippen LogP contribution in [0.2, 0.25) is 0 Å². The molecule has 0 radical (unpaired) electrons. The molecular formula is C23H27F3N2O2. The number of hydrogen-bond donors (Lipinski definition) is 1. The van der Waals surface area contributed by atoms with Gasteiger partial charge in [0.05, 0.1) is 5.56 Å². The summed E-state index contributed by atoms with van der Waals surface area (Å²) < 4.78 is 51.3. The number of halogens is 3. The van der Waals surface area contributed by atoms with Gasteiger partial charge in [-0.25, -0.2) is 0 Å². The summed E-state index contributed by atoms with van der Waals surface area (Å²) in [5, 5.41) is 0. The number of alkyl halides is 3. The lowest BCUT2D eigenvalue weighted by molar-refractivity contribution is -0.139. The lowest BCUT2D eigenvalue weighted by atomic mass is 9.87. The monoisotopic (exact) mass is 420 g/mol. The molecule has 0 aromatic heterocycles. The van der Waals surface area contributed by atoms with Crippen LogP contribution in [0.15, 0.2) is 48.5 Å². The summed E-state index contributed by atoms with van der Waals surface area (Å²) >= 11 is 0. The van der Waals surface area contributed by atoms with Crippen molar-refractivity contribution >= 4 is 5.69 Å². The fourth-order valence-electron chi connectivity index (χ4n) is 4.89. The molecule has 2 N–H and O–H groups in total. The van der Waals surface area contributed by atoms with Crippen molar-refractivity contribution in [1.29, 1.82) is 0 Å². The molecule has 0 spiro atoms. The molecule has 2 aliphatic heterocycles. The van der Waals surface area contributed by atoms with Crippen LogP contribution in [0, 0.1) is 0 Å². The van der Waals surface area contributed by atoms with Gasteiger partial charge in [0.1, 0.15) is 23.7 Å². The van der Waals surface area contributed by atoms with Gasteiger partial charge < -0.3 is 15.2 Å². The first-order valence-electron chi connectivity index (χ1n) is 10.3. The van der Waals surface area contributed by atoms with Crippen LogP contribution in [0.5, 0.6) is 11.5 Å². The second-order valence-corrected chi connectivity index (χ2v) is 8.49. The fourth-order valence-corrected chi connectivity index (χ4v) is 4.89. The molecule has 0 saturated carbocycles. The van der Waals surface area contributed by atoms with E-state index in [0.29, 0.717) is 24.3 Å². The number of ether oxygens (including phenoxy) is 2. The lowest BCUT2D eigenvalue weighted by Gasteiger charge is -2.44. The fraction of sp³-hybridized carbons (Fsp3) is 0.478. The molecule has 4 rings (SSSR count). The van der Waals surface area contributed by atoms with Gasteiger partial charge >= 0.3 is 6.18 Å². The molecule has 162 valence electrons. The van der Waals surface area contributed by atoms with E-state index in [0.717, 1.165) is 37.5 Å². The maximum Gasteiger partial charge on any atom is 0.419 e. The summed E-state index contributed by atoms with van der Waals surface area (Å²) in [4.78, 5) is 2.38. The van der Waals surface area contributed by atoms with Gasteiger partial charge in [0, 0.05) is 37.2 Å². The van der Waals surface area contributed by atoms with Crippen molar-refractivity contribution in [2.24, 2.45) is 0 Å². The minimum atomic E-state index is -4.41. The van der Waals surface area contributed by atoms with Crippen LogP contribution >= 0.6 is 0 Å². The third-order valence-electron chi connectivity index (χ3n) is 6.15. The van der Waals surface area contributed by atoms with Crippen LogP contribution in [0.3, 0.4) is 0 Å². The van der Waals surface area contributed by atoms with E-state index < -0.39 is 11.7 Å². The van der Waals surface area contributed by atoms with E-state index in [4.69, 9.17) is 15.2 Å². The zero-order valence-corrected chi connectivity index (χ0v) is 17.0. The van der Waals surface area contributed by atoms with Crippen LogP contribution in [0.25, 0.3) is 0 Å². The largest absolute Gasteiger partial charge is 0.492 e. The maximum absolute atomic E-state index is 13.1. The summed E-state index contributed by atoms with van der Waals surface area (Å²) in [6.07, 6.45) is -0.503. The SMILES string of the molecule is C[C@]1(Oc2ccc(N)cc2)C[C@H]2CC[C@@H](C1)N2CCOc1ccccc1C(F)(F)F. The van der Waals surface area contributed by atoms with Gasteiger partial charge in [-0.15, -0.1) is 0 Å². The molecule has 30 heavy (non-hydrogen) atoms. The highest BCUT2D eigenvalue weighted by Gasteiger charge is 2.47. The second-order valence-electron chi connectivity index (χ2n) is 8.49. The van der Waals surface area contributed by atoms with Gasteiger partial charge in [-0.1, -0.05) is 12.1 Å². The molecule has 4 nitrogen and oxygen atoms in total. The smallest absolute Gasteiger partial charge is 0.419 e. The number of nitrogens with zero attached hydrogens (tertiary/aromatic N) is 1. The summed E-state index contributed by atoms with van der Waals surface area (Å²) in [6.45, 7) is 2.98. The molecule has 0 unspecified atom stereocenters. The number of hydrogen-bond acceptors (Lipinski definition) is 4. The Labute approximate surface area is 174 Å². The minimum Gasteiger partial charge on any atom is -0.492 e. The van der Waals surface area contributed by atoms with Crippen LogP contribution in [-0.2, 0) is 6.18 Å². The van der Waals surface area contributed by atoms with Crippen LogP contribution in [0.4, 0.5) is 18.9 Å². The summed E-state index contributed by atoms with van der Waals surface area (Å²) in [5.74, 6) is 0.706. The van der Waals surface area contributed by atoms with Crippen molar-refractivity contribution in [3.05, 3.63) is 54.1 Å². The Bertz CT molecular complexity index is 855. The highest BCUT2D eigenvalue weighted by atomic mass is 19.4. The zero-order chi connectivity index (χ0) is 21.4. The third-order valence-corrected chi connectivity index (χ3v) is 6.15. The van der Waals surface area contributed by atoms with E-state index in [1.807, 2.05) is 24.3 Å². The number of piperidine rings is 1. The van der Waals surface area contributed by atoms with Gasteiger partial charge in [-0.2, -0.15) is 13.2 Å². The lowest BCUT2D eigenvalue weighted by Crippen LogP contribution is -2.53. The molecular weight excluding hydrogens is 393 g/mol. The van der Waals surface area contributed by atoms with Gasteiger partial charge in [0.2, 0.25) is 0 Å². The van der Waals surface area contributed by atoms with E-state index in [-0.39, 0.29) is 18.0 Å². The molecule has 2 saturated heterocycles. The van der Waals surface area contributed by atoms with E-state index in [1.165, 1.54) is 12.1 Å². The Balaban J connectivity index is 1.35. The quantitative estimate of drug-likeness (QED) is 0.658. The number of para-hydroxylation sites is 1. The highest BCUT2D eigenvalue weighted by molar-refractivity contribution is 5.41. The average Bonchev–Trinajstić information content (AvgIpc) is 2.94. The van der Waals surface area contributed by atoms with Crippen molar-refractivity contribution < 1.29 is 22.6 Å². The summed E-state index contributed by atoms with van der Waals surface area (Å²) in [5.41, 5.74) is 5.47. The predicted octanol–water partition coefficient (Wildman–Crippen LogP) is 5.13. The first-order valence-corrected chi connectivity index (χ1v) is 10.3. The molecule has 2 heterocycles. The molecule has 7 heteroatoms. The number of anilines is 1. The number of nitrogens with two attached hydrogens (primary N) is 1. The number of fused-ring (bicyclic) bond motifs is 2. The molecule has 2 aromatic carbocycles. The van der Waals surface area contributed by atoms with Gasteiger partial charge in [0.25, 0.3) is 0 Å². The van der Waals surface area contributed by atoms with Crippen molar-refractivity contribution in [2.75, 3.05) is 18.9 Å². The Morgan fingerprint density at radius 2 is 1.67 bits per heavy atom. The van der Waals surface area contributed by atoms with E-state index in [9.17, 15) is 13.2 Å². The van der Waals surface area contributed by atoms with E-state index in [2.05, 4.69) is 11.8 Å². The molecule has 2 aromatic rings. The predicted molar refractivity (Wildman–Crippen MR) is 110 cm³/mol. The number of rotatable bonds is 6. The topological polar surface area (TPSA) is 47.7 Å². The standard InChI is InChI=1S/C23H27F3N2O2/c1-22(30-19-10-6-16(27)7-11-19)14-17-8-9-18(15-22)28(17)12-13-29-21-5-3-2-4-20(21)23(24,25)26/h2-7,10-11,17-18H,8-9,12-15,27H2,1H3/t17-,18+,22+. The molecule has 2 aliphatic rings. The number of nitrogen functional groups attached to an aromatic ring is 1. The van der Waals surface area contributed by atoms with Gasteiger partial charge in [-0.05, 0) is 56.2 Å². The average molecular weight is 420 g/mol. The van der Waals surface area contributed by atoms with E-state index >= 15 is 0 Å². The molecule has 0 aliphatic carbocycles. The third kappa shape index (κ3) is 4.51. The normalized spacial score (nSPS) is 26.5. The first kappa shape index (κ1) is 20.8. The highest BCUT2D eigenvalue weighted by Crippen LogP contribution is 2.43. The number of benzene rings is 2. The Kier molecular flexibility index (Phi) is 5.57. The maximum atomic E-state index is 13.1. The zero-order valence-electron chi connectivity index (χ0n) is 17.0. The minimum absolute atomic E-state index is 0.106. The van der Waals surface area contributed by atoms with E-state index in [1.54, 1.807) is 6.07 Å². The van der Waals surface area contributed by atoms with Crippen LogP contribution < -0.4 is 15.2 Å². The van der Waals surface area contributed by atoms with Crippen LogP contribution in [-0.4, -0.2) is 35.7 Å². The molecule has 0 amide bonds. The van der Waals surface area contributed by atoms with Gasteiger partial charge in [-0.3, -0.25) is 4.90 Å². The molecule has 2 fully saturated rings. The Morgan fingerprint density at radius 3 is 2.30 bits per heavy atom. The first-order chi connectivity index (χ1) is 14.2. The van der Waals surface area contributed by atoms with Crippen molar-refractivity contribution in [2.45, 2.75) is 56.5 Å². The van der Waals surface area contributed by atoms with Crippen LogP contribution in [0.1, 0.15) is 38.2 Å². The van der Waals surface area contributed by atoms with Crippen molar-refractivity contribution in [1.82, 2.24) is 4.90 Å². The summed E-state index contributed by atoms with van der Waals surface area (Å²) in [7, 11) is 0. The Morgan fingerprint density at radius 1 is 1.03 bits per heavy atom. The Hall–Kier alpha value is -2.41. The molecule has 2 bridgehead atoms. The summed E-state index contributed by atoms with van der Waals surface area (Å²) in [6, 6.07) is 13.5. The molecule has 3 atom stereocenters. The van der Waals surface area contributed by atoms with Gasteiger partial charge in [0.15, 0.2) is 0 Å². The second kappa shape index (κ2) is 8.02.